The third kappa shape index (κ3) is 5.81. The van der Waals surface area contributed by atoms with Crippen LogP contribution in [0.2, 0.25) is 0 Å². The number of hydrogen-bond donors (Lipinski definition) is 4. The largest absolute Gasteiger partial charge is 0.504 e. The Labute approximate surface area is 160 Å². The zero-order chi connectivity index (χ0) is 19.6. The Morgan fingerprint density at radius 3 is 2.74 bits per heavy atom. The Morgan fingerprint density at radius 1 is 1.41 bits per heavy atom. The number of carboxylic acid groups (broad SMARTS) is 1. The number of rotatable bonds is 6. The minimum absolute atomic E-state index is 0.0222. The SMILES string of the molecule is NC(=O)c1c(OCC2CCCCC2)nsc1Nc1ncccc1O.O=CO. The van der Waals surface area contributed by atoms with Crippen molar-refractivity contribution in [1.82, 2.24) is 9.36 Å². The van der Waals surface area contributed by atoms with Gasteiger partial charge in [0.1, 0.15) is 10.6 Å². The van der Waals surface area contributed by atoms with Gasteiger partial charge in [-0.1, -0.05) is 19.3 Å². The van der Waals surface area contributed by atoms with Crippen LogP contribution < -0.4 is 15.8 Å². The first-order valence-electron chi connectivity index (χ1n) is 8.48. The van der Waals surface area contributed by atoms with Gasteiger partial charge in [0, 0.05) is 6.20 Å². The first-order chi connectivity index (χ1) is 13.1. The van der Waals surface area contributed by atoms with E-state index in [1.54, 1.807) is 6.07 Å². The van der Waals surface area contributed by atoms with Crippen LogP contribution >= 0.6 is 11.5 Å². The van der Waals surface area contributed by atoms with Gasteiger partial charge in [-0.3, -0.25) is 9.59 Å². The molecule has 5 N–H and O–H groups in total. The fourth-order valence-corrected chi connectivity index (χ4v) is 3.57. The van der Waals surface area contributed by atoms with E-state index in [4.69, 9.17) is 20.4 Å². The fourth-order valence-electron chi connectivity index (χ4n) is 2.83. The van der Waals surface area contributed by atoms with Gasteiger partial charge in [0.25, 0.3) is 12.4 Å². The molecule has 10 heteroatoms. The van der Waals surface area contributed by atoms with Crippen molar-refractivity contribution in [2.45, 2.75) is 32.1 Å². The number of primary amides is 1. The van der Waals surface area contributed by atoms with E-state index in [1.807, 2.05) is 0 Å². The van der Waals surface area contributed by atoms with Gasteiger partial charge >= 0.3 is 0 Å². The van der Waals surface area contributed by atoms with Gasteiger partial charge in [-0.05, 0) is 42.4 Å². The molecule has 0 radical (unpaired) electrons. The highest BCUT2D eigenvalue weighted by Gasteiger charge is 2.23. The van der Waals surface area contributed by atoms with Crippen LogP contribution in [-0.2, 0) is 4.79 Å². The Balaban J connectivity index is 0.000000817. The van der Waals surface area contributed by atoms with Gasteiger partial charge in [-0.25, -0.2) is 4.98 Å². The van der Waals surface area contributed by atoms with E-state index in [-0.39, 0.29) is 29.5 Å². The van der Waals surface area contributed by atoms with E-state index in [2.05, 4.69) is 14.7 Å². The van der Waals surface area contributed by atoms with Gasteiger partial charge in [0.15, 0.2) is 11.6 Å². The number of nitrogens with one attached hydrogen (secondary N) is 1. The highest BCUT2D eigenvalue weighted by molar-refractivity contribution is 7.11. The molecule has 27 heavy (non-hydrogen) atoms. The highest BCUT2D eigenvalue weighted by atomic mass is 32.1. The third-order valence-electron chi connectivity index (χ3n) is 4.11. The number of ether oxygens (including phenoxy) is 1. The van der Waals surface area contributed by atoms with Crippen molar-refractivity contribution in [2.75, 3.05) is 11.9 Å². The summed E-state index contributed by atoms with van der Waals surface area (Å²) in [6.07, 6.45) is 7.54. The van der Waals surface area contributed by atoms with E-state index in [1.165, 1.54) is 31.5 Å². The van der Waals surface area contributed by atoms with E-state index < -0.39 is 5.91 Å². The predicted molar refractivity (Wildman–Crippen MR) is 101 cm³/mol. The molecule has 0 atom stereocenters. The molecule has 9 nitrogen and oxygen atoms in total. The van der Waals surface area contributed by atoms with E-state index in [0.29, 0.717) is 17.5 Å². The Morgan fingerprint density at radius 2 is 2.11 bits per heavy atom. The fraction of sp³-hybridized carbons (Fsp3) is 0.412. The number of amides is 1. The van der Waals surface area contributed by atoms with Crippen LogP contribution in [0.3, 0.4) is 0 Å². The van der Waals surface area contributed by atoms with Gasteiger partial charge in [0.05, 0.1) is 6.61 Å². The maximum Gasteiger partial charge on any atom is 0.290 e. The van der Waals surface area contributed by atoms with Crippen LogP contribution in [0.5, 0.6) is 11.6 Å². The van der Waals surface area contributed by atoms with Crippen LogP contribution in [0.15, 0.2) is 18.3 Å². The van der Waals surface area contributed by atoms with E-state index >= 15 is 0 Å². The summed E-state index contributed by atoms with van der Waals surface area (Å²) in [6, 6.07) is 3.11. The summed E-state index contributed by atoms with van der Waals surface area (Å²) in [5.74, 6) is 0.335. The summed E-state index contributed by atoms with van der Waals surface area (Å²) in [7, 11) is 0. The summed E-state index contributed by atoms with van der Waals surface area (Å²) in [4.78, 5) is 24.2. The quantitative estimate of drug-likeness (QED) is 0.547. The zero-order valence-corrected chi connectivity index (χ0v) is 15.4. The van der Waals surface area contributed by atoms with Gasteiger partial charge in [-0.2, -0.15) is 4.37 Å². The normalized spacial score (nSPS) is 13.9. The van der Waals surface area contributed by atoms with Crippen LogP contribution in [0.1, 0.15) is 42.5 Å². The van der Waals surface area contributed by atoms with Crippen LogP contribution in [0, 0.1) is 5.92 Å². The summed E-state index contributed by atoms with van der Waals surface area (Å²) in [6.45, 7) is 0.290. The van der Waals surface area contributed by atoms with Gasteiger partial charge in [-0.15, -0.1) is 0 Å². The first-order valence-corrected chi connectivity index (χ1v) is 9.25. The molecule has 3 rings (SSSR count). The molecular weight excluding hydrogens is 372 g/mol. The number of carbonyl (C=O) groups excluding carboxylic acids is 1. The van der Waals surface area contributed by atoms with Crippen LogP contribution in [-0.4, -0.2) is 38.6 Å². The summed E-state index contributed by atoms with van der Waals surface area (Å²) >= 11 is 1.06. The second-order valence-electron chi connectivity index (χ2n) is 5.97. The number of nitrogens with two attached hydrogens (primary N) is 1. The van der Waals surface area contributed by atoms with Crippen molar-refractivity contribution >= 4 is 34.7 Å². The molecule has 1 fully saturated rings. The zero-order valence-electron chi connectivity index (χ0n) is 14.6. The molecule has 0 aliphatic heterocycles. The number of nitrogens with zero attached hydrogens (tertiary/aromatic N) is 2. The summed E-state index contributed by atoms with van der Waals surface area (Å²) < 4.78 is 9.96. The van der Waals surface area contributed by atoms with E-state index in [0.717, 1.165) is 24.4 Å². The number of aromatic hydroxyl groups is 1. The predicted octanol–water partition coefficient (Wildman–Crippen LogP) is 2.75. The molecule has 0 aromatic carbocycles. The standard InChI is InChI=1S/C16H20N4O3S.CH2O2/c17-13(22)12-15(23-9-10-5-2-1-3-6-10)20-24-16(12)19-14-11(21)7-4-8-18-14;2-1-3/h4,7-8,10,21H,1-3,5-6,9H2,(H2,17,22)(H,18,19);1H,(H,2,3). The van der Waals surface area contributed by atoms with Crippen molar-refractivity contribution in [3.8, 4) is 11.6 Å². The van der Waals surface area contributed by atoms with Gasteiger partial charge in [0.2, 0.25) is 5.88 Å². The third-order valence-corrected chi connectivity index (χ3v) is 4.85. The molecule has 0 saturated heterocycles. The molecular formula is C17H22N4O5S. The summed E-state index contributed by atoms with van der Waals surface area (Å²) in [5.41, 5.74) is 5.68. The highest BCUT2D eigenvalue weighted by Crippen LogP contribution is 2.35. The minimum Gasteiger partial charge on any atom is -0.504 e. The molecule has 1 saturated carbocycles. The lowest BCUT2D eigenvalue weighted by molar-refractivity contribution is -0.122. The van der Waals surface area contributed by atoms with Crippen LogP contribution in [0.4, 0.5) is 10.8 Å². The maximum absolute atomic E-state index is 11.8. The number of pyridine rings is 1. The van der Waals surface area contributed by atoms with Crippen molar-refractivity contribution in [1.29, 1.82) is 0 Å². The molecule has 1 aliphatic carbocycles. The summed E-state index contributed by atoms with van der Waals surface area (Å²) in [5, 5.41) is 20.0. The molecule has 0 bridgehead atoms. The molecule has 2 aromatic rings. The lowest BCUT2D eigenvalue weighted by Gasteiger charge is -2.21. The topological polar surface area (TPSA) is 148 Å². The lowest BCUT2D eigenvalue weighted by Crippen LogP contribution is -2.18. The Kier molecular flexibility index (Phi) is 7.80. The average Bonchev–Trinajstić information content (AvgIpc) is 3.06. The second-order valence-corrected chi connectivity index (χ2v) is 6.75. The van der Waals surface area contributed by atoms with Crippen molar-refractivity contribution in [3.63, 3.8) is 0 Å². The molecule has 2 heterocycles. The molecule has 0 unspecified atom stereocenters. The van der Waals surface area contributed by atoms with Crippen molar-refractivity contribution in [2.24, 2.45) is 11.7 Å². The number of anilines is 2. The average molecular weight is 394 g/mol. The lowest BCUT2D eigenvalue weighted by atomic mass is 9.90. The van der Waals surface area contributed by atoms with E-state index in [9.17, 15) is 9.90 Å². The Hall–Kier alpha value is -2.88. The Bertz CT molecular complexity index is 762. The van der Waals surface area contributed by atoms with Gasteiger partial charge < -0.3 is 26.0 Å². The smallest absolute Gasteiger partial charge is 0.290 e. The molecule has 0 spiro atoms. The molecule has 1 aliphatic rings. The van der Waals surface area contributed by atoms with Crippen molar-refractivity contribution in [3.05, 3.63) is 23.9 Å². The van der Waals surface area contributed by atoms with Crippen LogP contribution in [0.25, 0.3) is 0 Å². The molecule has 2 aromatic heterocycles. The van der Waals surface area contributed by atoms with Crippen molar-refractivity contribution < 1.29 is 24.5 Å². The maximum atomic E-state index is 11.8. The second kappa shape index (κ2) is 10.3. The first kappa shape index (κ1) is 20.4. The minimum atomic E-state index is -0.625. The number of carbonyl (C=O) groups is 2. The molecule has 146 valence electrons. The number of hydrogen-bond acceptors (Lipinski definition) is 8. The monoisotopic (exact) mass is 394 g/mol. The molecule has 1 amide bonds. The number of aromatic nitrogens is 2.